The molecule has 0 unspecified atom stereocenters. The standard InChI is InChI=1S/C19H21Cl2NO3/c1-22(2)11-12-24-18(23)13-25-19(14-3-7-16(20)8-4-14)15-5-9-17(21)10-6-15/h3-10,19H,11-13H2,1-2H3. The number of halogens is 2. The minimum absolute atomic E-state index is 0.136. The zero-order valence-electron chi connectivity index (χ0n) is 14.2. The van der Waals surface area contributed by atoms with Crippen molar-refractivity contribution >= 4 is 29.2 Å². The summed E-state index contributed by atoms with van der Waals surface area (Å²) in [4.78, 5) is 13.8. The zero-order chi connectivity index (χ0) is 18.2. The minimum Gasteiger partial charge on any atom is -0.463 e. The lowest BCUT2D eigenvalue weighted by molar-refractivity contribution is -0.150. The van der Waals surface area contributed by atoms with E-state index in [2.05, 4.69) is 0 Å². The van der Waals surface area contributed by atoms with Crippen molar-refractivity contribution in [1.29, 1.82) is 0 Å². The smallest absolute Gasteiger partial charge is 0.332 e. The van der Waals surface area contributed by atoms with Gasteiger partial charge in [0.25, 0.3) is 0 Å². The van der Waals surface area contributed by atoms with Gasteiger partial charge in [-0.25, -0.2) is 4.79 Å². The fourth-order valence-corrected chi connectivity index (χ4v) is 2.45. The SMILES string of the molecule is CN(C)CCOC(=O)COC(c1ccc(Cl)cc1)c1ccc(Cl)cc1. The van der Waals surface area contributed by atoms with Crippen LogP contribution in [0.4, 0.5) is 0 Å². The highest BCUT2D eigenvalue weighted by Crippen LogP contribution is 2.28. The monoisotopic (exact) mass is 381 g/mol. The molecule has 2 aromatic carbocycles. The quantitative estimate of drug-likeness (QED) is 0.642. The van der Waals surface area contributed by atoms with E-state index in [1.807, 2.05) is 43.3 Å². The van der Waals surface area contributed by atoms with Gasteiger partial charge < -0.3 is 14.4 Å². The van der Waals surface area contributed by atoms with Crippen LogP contribution in [-0.4, -0.2) is 44.7 Å². The number of likely N-dealkylation sites (N-methyl/N-ethyl adjacent to an activating group) is 1. The number of ether oxygens (including phenoxy) is 2. The summed E-state index contributed by atoms with van der Waals surface area (Å²) in [5.74, 6) is -0.394. The lowest BCUT2D eigenvalue weighted by Gasteiger charge is -2.19. The molecular formula is C19H21Cl2NO3. The normalized spacial score (nSPS) is 11.1. The summed E-state index contributed by atoms with van der Waals surface area (Å²) in [6, 6.07) is 14.7. The predicted molar refractivity (Wildman–Crippen MR) is 100 cm³/mol. The highest BCUT2D eigenvalue weighted by atomic mass is 35.5. The van der Waals surface area contributed by atoms with E-state index in [4.69, 9.17) is 32.7 Å². The van der Waals surface area contributed by atoms with E-state index in [1.54, 1.807) is 24.3 Å². The van der Waals surface area contributed by atoms with Crippen LogP contribution in [-0.2, 0) is 14.3 Å². The second kappa shape index (κ2) is 9.78. The van der Waals surface area contributed by atoms with Crippen LogP contribution in [0.1, 0.15) is 17.2 Å². The number of benzene rings is 2. The molecule has 0 saturated carbocycles. The van der Waals surface area contributed by atoms with Gasteiger partial charge in [-0.1, -0.05) is 47.5 Å². The van der Waals surface area contributed by atoms with Gasteiger partial charge in [-0.3, -0.25) is 0 Å². The van der Waals surface area contributed by atoms with Gasteiger partial charge in [0.1, 0.15) is 19.3 Å². The van der Waals surface area contributed by atoms with Gasteiger partial charge in [0.05, 0.1) is 0 Å². The van der Waals surface area contributed by atoms with Crippen molar-refractivity contribution in [2.24, 2.45) is 0 Å². The van der Waals surface area contributed by atoms with Crippen molar-refractivity contribution in [1.82, 2.24) is 4.90 Å². The number of nitrogens with zero attached hydrogens (tertiary/aromatic N) is 1. The fourth-order valence-electron chi connectivity index (χ4n) is 2.20. The lowest BCUT2D eigenvalue weighted by atomic mass is 10.0. The third kappa shape index (κ3) is 6.67. The molecule has 0 radical (unpaired) electrons. The Kier molecular flexibility index (Phi) is 7.72. The highest BCUT2D eigenvalue weighted by Gasteiger charge is 2.17. The van der Waals surface area contributed by atoms with Crippen molar-refractivity contribution in [3.63, 3.8) is 0 Å². The molecule has 134 valence electrons. The Balaban J connectivity index is 2.06. The van der Waals surface area contributed by atoms with E-state index in [-0.39, 0.29) is 6.61 Å². The van der Waals surface area contributed by atoms with Crippen LogP contribution in [0.5, 0.6) is 0 Å². The first kappa shape index (κ1) is 19.7. The molecule has 0 aliphatic rings. The number of hydrogen-bond acceptors (Lipinski definition) is 4. The first-order chi connectivity index (χ1) is 12.0. The fraction of sp³-hybridized carbons (Fsp3) is 0.316. The molecular weight excluding hydrogens is 361 g/mol. The predicted octanol–water partition coefficient (Wildman–Crippen LogP) is 4.20. The van der Waals surface area contributed by atoms with Gasteiger partial charge in [-0.05, 0) is 49.5 Å². The first-order valence-electron chi connectivity index (χ1n) is 7.88. The molecule has 0 bridgehead atoms. The number of rotatable bonds is 8. The third-order valence-corrected chi connectivity index (χ3v) is 4.02. The van der Waals surface area contributed by atoms with Crippen LogP contribution < -0.4 is 0 Å². The molecule has 0 atom stereocenters. The molecule has 0 aromatic heterocycles. The third-order valence-electron chi connectivity index (χ3n) is 3.51. The molecule has 0 N–H and O–H groups in total. The van der Waals surface area contributed by atoms with Gasteiger partial charge in [-0.15, -0.1) is 0 Å². The molecule has 0 spiro atoms. The zero-order valence-corrected chi connectivity index (χ0v) is 15.8. The van der Waals surface area contributed by atoms with E-state index >= 15 is 0 Å². The molecule has 0 amide bonds. The molecule has 0 saturated heterocycles. The van der Waals surface area contributed by atoms with Gasteiger partial charge in [-0.2, -0.15) is 0 Å². The molecule has 0 aliphatic heterocycles. The average molecular weight is 382 g/mol. The number of carbonyl (C=O) groups is 1. The maximum Gasteiger partial charge on any atom is 0.332 e. The van der Waals surface area contributed by atoms with Crippen LogP contribution in [0, 0.1) is 0 Å². The summed E-state index contributed by atoms with van der Waals surface area (Å²) in [5.41, 5.74) is 1.79. The largest absolute Gasteiger partial charge is 0.463 e. The summed E-state index contributed by atoms with van der Waals surface area (Å²) in [6.45, 7) is 0.870. The Bertz CT molecular complexity index is 627. The van der Waals surface area contributed by atoms with Crippen LogP contribution in [0.15, 0.2) is 48.5 Å². The maximum absolute atomic E-state index is 11.9. The van der Waals surface area contributed by atoms with Crippen LogP contribution >= 0.6 is 23.2 Å². The molecule has 0 aliphatic carbocycles. The Morgan fingerprint density at radius 3 is 1.88 bits per heavy atom. The van der Waals surface area contributed by atoms with Gasteiger partial charge in [0.2, 0.25) is 0 Å². The average Bonchev–Trinajstić information content (AvgIpc) is 2.57. The van der Waals surface area contributed by atoms with Crippen LogP contribution in [0.3, 0.4) is 0 Å². The molecule has 6 heteroatoms. The highest BCUT2D eigenvalue weighted by molar-refractivity contribution is 6.30. The van der Waals surface area contributed by atoms with Gasteiger partial charge in [0.15, 0.2) is 0 Å². The lowest BCUT2D eigenvalue weighted by Crippen LogP contribution is -2.22. The van der Waals surface area contributed by atoms with Crippen molar-refractivity contribution < 1.29 is 14.3 Å². The van der Waals surface area contributed by atoms with E-state index < -0.39 is 12.1 Å². The molecule has 25 heavy (non-hydrogen) atoms. The Morgan fingerprint density at radius 2 is 1.44 bits per heavy atom. The molecule has 2 rings (SSSR count). The number of esters is 1. The number of hydrogen-bond donors (Lipinski definition) is 0. The summed E-state index contributed by atoms with van der Waals surface area (Å²) < 4.78 is 11.0. The molecule has 2 aromatic rings. The van der Waals surface area contributed by atoms with E-state index in [0.717, 1.165) is 11.1 Å². The summed E-state index contributed by atoms with van der Waals surface area (Å²) >= 11 is 11.9. The summed E-state index contributed by atoms with van der Waals surface area (Å²) in [5, 5.41) is 1.28. The Labute approximate surface area is 158 Å². The van der Waals surface area contributed by atoms with E-state index in [9.17, 15) is 4.79 Å². The van der Waals surface area contributed by atoms with Crippen molar-refractivity contribution in [3.8, 4) is 0 Å². The van der Waals surface area contributed by atoms with Crippen molar-refractivity contribution in [3.05, 3.63) is 69.7 Å². The number of carbonyl (C=O) groups excluding carboxylic acids is 1. The Morgan fingerprint density at radius 1 is 0.960 bits per heavy atom. The second-order valence-corrected chi connectivity index (χ2v) is 6.69. The van der Waals surface area contributed by atoms with Crippen molar-refractivity contribution in [2.45, 2.75) is 6.10 Å². The maximum atomic E-state index is 11.9. The minimum atomic E-state index is -0.407. The topological polar surface area (TPSA) is 38.8 Å². The first-order valence-corrected chi connectivity index (χ1v) is 8.64. The summed E-state index contributed by atoms with van der Waals surface area (Å²) in [7, 11) is 3.84. The second-order valence-electron chi connectivity index (χ2n) is 5.82. The van der Waals surface area contributed by atoms with Crippen LogP contribution in [0.25, 0.3) is 0 Å². The van der Waals surface area contributed by atoms with Gasteiger partial charge in [0, 0.05) is 16.6 Å². The van der Waals surface area contributed by atoms with E-state index in [0.29, 0.717) is 23.2 Å². The Hall–Kier alpha value is -1.59. The molecule has 0 heterocycles. The van der Waals surface area contributed by atoms with E-state index in [1.165, 1.54) is 0 Å². The summed E-state index contributed by atoms with van der Waals surface area (Å²) in [6.07, 6.45) is -0.407. The molecule has 4 nitrogen and oxygen atoms in total. The van der Waals surface area contributed by atoms with Gasteiger partial charge >= 0.3 is 5.97 Å². The van der Waals surface area contributed by atoms with Crippen molar-refractivity contribution in [2.75, 3.05) is 33.9 Å². The van der Waals surface area contributed by atoms with Crippen LogP contribution in [0.2, 0.25) is 10.0 Å². The molecule has 0 fully saturated rings.